The first-order valence-electron chi connectivity index (χ1n) is 0.258. The van der Waals surface area contributed by atoms with Crippen molar-refractivity contribution in [3.05, 3.63) is 0 Å². The summed E-state index contributed by atoms with van der Waals surface area (Å²) in [6.07, 6.45) is 0. The summed E-state index contributed by atoms with van der Waals surface area (Å²) >= 11 is 0. The summed E-state index contributed by atoms with van der Waals surface area (Å²) in [6.45, 7) is 3.50. The molecule has 1 radical (unpaired) electrons. The minimum absolute atomic E-state index is 0. The second-order valence-corrected chi connectivity index (χ2v) is 0. The molecule has 0 aliphatic carbocycles. The van der Waals surface area contributed by atoms with E-state index in [9.17, 15) is 0 Å². The van der Waals surface area contributed by atoms with Gasteiger partial charge in [-0.15, -0.1) is 37.2 Å². The van der Waals surface area contributed by atoms with Crippen molar-refractivity contribution in [1.82, 2.24) is 0 Å². The number of nitriles is 1. The summed E-state index contributed by atoms with van der Waals surface area (Å²) in [4.78, 5) is 0. The monoisotopic (exact) mass is 372 g/mol. The molecule has 0 aliphatic heterocycles. The third kappa shape index (κ3) is 52.9. The van der Waals surface area contributed by atoms with E-state index in [-0.39, 0.29) is 111 Å². The summed E-state index contributed by atoms with van der Waals surface area (Å²) in [7, 11) is 0. The Balaban J connectivity index is -0.000000000500. The van der Waals surface area contributed by atoms with Gasteiger partial charge in [0.15, 0.2) is 0 Å². The van der Waals surface area contributed by atoms with Gasteiger partial charge in [-0.1, -0.05) is 0 Å². The molecule has 0 saturated heterocycles. The zero-order valence-corrected chi connectivity index (χ0v) is 7.17. The number of nitrogens with zero attached hydrogens (tertiary/aromatic N) is 1. The summed E-state index contributed by atoms with van der Waals surface area (Å²) in [5.41, 5.74) is 0. The third-order valence-corrected chi connectivity index (χ3v) is 0. The number of hydrogen-bond donors (Lipinski definition) is 0. The van der Waals surface area contributed by atoms with E-state index >= 15 is 0 Å². The average molecular weight is 373 g/mol. The predicted molar refractivity (Wildman–Crippen MR) is 35.6 cm³/mol. The van der Waals surface area contributed by atoms with Gasteiger partial charge < -0.3 is 0 Å². The van der Waals surface area contributed by atoms with Crippen molar-refractivity contribution >= 4 is 88.6 Å². The molecule has 0 unspecified atom stereocenters. The van der Waals surface area contributed by atoms with E-state index in [1.807, 2.05) is 0 Å². The van der Waals surface area contributed by atoms with Crippen molar-refractivity contribution in [2.75, 3.05) is 0 Å². The predicted octanol–water partition coefficient (Wildman–Crippen LogP) is 0.754. The molecule has 1 nitrogen and oxygen atoms in total. The van der Waals surface area contributed by atoms with E-state index in [1.165, 1.54) is 0 Å². The molecule has 47 valence electrons. The summed E-state index contributed by atoms with van der Waals surface area (Å²) in [6, 6.07) is 0. The molecule has 0 saturated carbocycles. The van der Waals surface area contributed by atoms with Crippen molar-refractivity contribution in [2.45, 2.75) is 0 Å². The minimum atomic E-state index is 0. The normalized spacial score (nSPS) is 0.286. The summed E-state index contributed by atoms with van der Waals surface area (Å²) < 4.78 is 0. The molecule has 6 heteroatoms. The van der Waals surface area contributed by atoms with E-state index < -0.39 is 0 Å². The third-order valence-electron chi connectivity index (χ3n) is 0. The van der Waals surface area contributed by atoms with Crippen LogP contribution in [0.1, 0.15) is 0 Å². The van der Waals surface area contributed by atoms with Crippen molar-refractivity contribution in [2.24, 2.45) is 0 Å². The number of hydrogen-bond acceptors (Lipinski definition) is 1. The zero-order chi connectivity index (χ0) is 2.00. The molecule has 0 fully saturated rings. The van der Waals surface area contributed by atoms with Crippen LogP contribution in [0.25, 0.3) is 0 Å². The summed E-state index contributed by atoms with van der Waals surface area (Å²) in [5, 5.41) is 6.50. The van der Waals surface area contributed by atoms with Gasteiger partial charge in [-0.2, -0.15) is 0 Å². The Hall–Kier alpha value is 2.74. The molecule has 0 spiro atoms. The van der Waals surface area contributed by atoms with Crippen LogP contribution in [0.2, 0.25) is 0 Å². The molecule has 0 aromatic carbocycles. The Morgan fingerprint density at radius 3 is 0.857 bits per heavy atom. The average Bonchev–Trinajstić information content (AvgIpc) is 1.00. The Morgan fingerprint density at radius 1 is 0.857 bits per heavy atom. The first-order chi connectivity index (χ1) is 1.00. The Bertz CT molecular complexity index is 19.7. The van der Waals surface area contributed by atoms with Crippen LogP contribution < -0.4 is 0 Å². The van der Waals surface area contributed by atoms with Gasteiger partial charge in [0.1, 0.15) is 0 Å². The van der Waals surface area contributed by atoms with Gasteiger partial charge in [-0.25, -0.2) is 5.26 Å². The fourth-order valence-corrected chi connectivity index (χ4v) is 0. The van der Waals surface area contributed by atoms with E-state index in [2.05, 4.69) is 6.57 Å². The van der Waals surface area contributed by atoms with Gasteiger partial charge in [0.25, 0.3) is 0 Å². The van der Waals surface area contributed by atoms with E-state index in [1.54, 1.807) is 0 Å². The Morgan fingerprint density at radius 2 is 0.857 bits per heavy atom. The van der Waals surface area contributed by atoms with Crippen molar-refractivity contribution in [1.29, 1.82) is 5.26 Å². The number of halogens is 3. The molecule has 0 aromatic heterocycles. The topological polar surface area (TPSA) is 23.8 Å². The molecule has 0 bridgehead atoms. The maximum atomic E-state index is 6.50. The first-order valence-corrected chi connectivity index (χ1v) is 0.258. The van der Waals surface area contributed by atoms with Crippen LogP contribution in [-0.4, -0.2) is 51.4 Å². The van der Waals surface area contributed by atoms with E-state index in [4.69, 9.17) is 5.26 Å². The van der Waals surface area contributed by atoms with E-state index in [0.717, 1.165) is 0 Å². The molecule has 0 aromatic rings. The van der Waals surface area contributed by atoms with Gasteiger partial charge in [0.05, 0.1) is 0 Å². The van der Waals surface area contributed by atoms with Gasteiger partial charge in [0, 0.05) is 29.0 Å². The fraction of sp³-hybridized carbons (Fsp3) is 0. The van der Waals surface area contributed by atoms with E-state index in [0.29, 0.717) is 0 Å². The second kappa shape index (κ2) is 69.8. The number of rotatable bonds is 0. The SMILES string of the molecule is C#N.Cl.Cl.Cl.[Au].[KH]. The Kier molecular flexibility index (Phi) is 531. The molecule has 7 heavy (non-hydrogen) atoms. The molecule has 0 atom stereocenters. The molecule has 0 N–H and O–H groups in total. The molecule has 0 amide bonds. The van der Waals surface area contributed by atoms with Crippen molar-refractivity contribution in [3.8, 4) is 6.57 Å². The molecular weight excluding hydrogens is 368 g/mol. The molecule has 0 rings (SSSR count). The van der Waals surface area contributed by atoms with Crippen LogP contribution in [0.3, 0.4) is 0 Å². The molecule has 0 heterocycles. The van der Waals surface area contributed by atoms with Gasteiger partial charge >= 0.3 is 51.4 Å². The van der Waals surface area contributed by atoms with Gasteiger partial charge in [-0.3, -0.25) is 0 Å². The molecule has 0 aliphatic rings. The van der Waals surface area contributed by atoms with Crippen LogP contribution in [0, 0.1) is 11.8 Å². The van der Waals surface area contributed by atoms with Gasteiger partial charge in [-0.05, 0) is 0 Å². The second-order valence-electron chi connectivity index (χ2n) is 0. The fourth-order valence-electron chi connectivity index (χ4n) is 0. The first kappa shape index (κ1) is 53.2. The van der Waals surface area contributed by atoms with Crippen LogP contribution >= 0.6 is 37.2 Å². The van der Waals surface area contributed by atoms with Crippen molar-refractivity contribution < 1.29 is 22.4 Å². The summed E-state index contributed by atoms with van der Waals surface area (Å²) in [5.74, 6) is 0. The van der Waals surface area contributed by atoms with Crippen LogP contribution in [0.15, 0.2) is 0 Å². The standard InChI is InChI=1S/CHN.Au.3ClH.K.H/c1-2;;;;;;/h1H;;3*1H;;. The Labute approximate surface area is 120 Å². The van der Waals surface area contributed by atoms with Crippen LogP contribution in [0.4, 0.5) is 0 Å². The van der Waals surface area contributed by atoms with Gasteiger partial charge in [0.2, 0.25) is 0 Å². The molecular formula is CH5AuCl3KN. The quantitative estimate of drug-likeness (QED) is 0.575. The van der Waals surface area contributed by atoms with Crippen molar-refractivity contribution in [3.63, 3.8) is 0 Å². The van der Waals surface area contributed by atoms with Crippen LogP contribution in [0.5, 0.6) is 0 Å². The zero-order valence-electron chi connectivity index (χ0n) is 2.55. The maximum absolute atomic E-state index is 6.50. The van der Waals surface area contributed by atoms with Crippen LogP contribution in [-0.2, 0) is 22.4 Å².